The van der Waals surface area contributed by atoms with Crippen molar-refractivity contribution in [3.63, 3.8) is 0 Å². The molecule has 1 fully saturated rings. The summed E-state index contributed by atoms with van der Waals surface area (Å²) in [4.78, 5) is 14.2. The van der Waals surface area contributed by atoms with E-state index in [0.29, 0.717) is 16.6 Å². The van der Waals surface area contributed by atoms with Crippen molar-refractivity contribution in [1.82, 2.24) is 10.2 Å². The molecular weight excluding hydrogens is 299 g/mol. The molecule has 5 heteroatoms. The Morgan fingerprint density at radius 2 is 2.39 bits per heavy atom. The van der Waals surface area contributed by atoms with Gasteiger partial charge in [0.1, 0.15) is 5.82 Å². The standard InChI is InChI=1S/C13H16BrFN2O/c1-2-17(10-5-6-16-8-10)13(18)11-7-9(15)3-4-12(11)14/h3-4,7,10,16H,2,5-6,8H2,1H3. The van der Waals surface area contributed by atoms with Crippen LogP contribution >= 0.6 is 15.9 Å². The average Bonchev–Trinajstić information content (AvgIpc) is 2.87. The largest absolute Gasteiger partial charge is 0.335 e. The van der Waals surface area contributed by atoms with Crippen LogP contribution in [-0.4, -0.2) is 36.5 Å². The Hall–Kier alpha value is -0.940. The van der Waals surface area contributed by atoms with E-state index in [2.05, 4.69) is 21.2 Å². The van der Waals surface area contributed by atoms with Gasteiger partial charge in [0, 0.05) is 23.6 Å². The van der Waals surface area contributed by atoms with Crippen LogP contribution in [-0.2, 0) is 0 Å². The minimum Gasteiger partial charge on any atom is -0.335 e. The van der Waals surface area contributed by atoms with Gasteiger partial charge < -0.3 is 10.2 Å². The van der Waals surface area contributed by atoms with Gasteiger partial charge in [-0.05, 0) is 54.0 Å². The lowest BCUT2D eigenvalue weighted by molar-refractivity contribution is 0.0702. The Morgan fingerprint density at radius 3 is 3.00 bits per heavy atom. The van der Waals surface area contributed by atoms with Crippen molar-refractivity contribution >= 4 is 21.8 Å². The summed E-state index contributed by atoms with van der Waals surface area (Å²) < 4.78 is 13.9. The van der Waals surface area contributed by atoms with Crippen molar-refractivity contribution in [2.75, 3.05) is 19.6 Å². The number of hydrogen-bond donors (Lipinski definition) is 1. The van der Waals surface area contributed by atoms with Crippen LogP contribution in [0.2, 0.25) is 0 Å². The minimum atomic E-state index is -0.387. The molecule has 1 aliphatic heterocycles. The summed E-state index contributed by atoms with van der Waals surface area (Å²) in [6.07, 6.45) is 0.951. The SMILES string of the molecule is CCN(C(=O)c1cc(F)ccc1Br)C1CCNC1. The number of amides is 1. The number of rotatable bonds is 3. The van der Waals surface area contributed by atoms with E-state index in [1.165, 1.54) is 12.1 Å². The molecule has 1 aliphatic rings. The van der Waals surface area contributed by atoms with Crippen LogP contribution in [0.1, 0.15) is 23.7 Å². The Morgan fingerprint density at radius 1 is 1.61 bits per heavy atom. The van der Waals surface area contributed by atoms with Crippen LogP contribution in [0.3, 0.4) is 0 Å². The quantitative estimate of drug-likeness (QED) is 0.929. The van der Waals surface area contributed by atoms with Gasteiger partial charge in [-0.25, -0.2) is 4.39 Å². The number of likely N-dealkylation sites (N-methyl/N-ethyl adjacent to an activating group) is 1. The first-order chi connectivity index (χ1) is 8.63. The van der Waals surface area contributed by atoms with Gasteiger partial charge in [0.05, 0.1) is 5.56 Å². The molecule has 1 amide bonds. The van der Waals surface area contributed by atoms with Gasteiger partial charge in [-0.1, -0.05) is 0 Å². The summed E-state index contributed by atoms with van der Waals surface area (Å²) >= 11 is 3.31. The monoisotopic (exact) mass is 314 g/mol. The van der Waals surface area contributed by atoms with Gasteiger partial charge in [-0.3, -0.25) is 4.79 Å². The van der Waals surface area contributed by atoms with Crippen molar-refractivity contribution in [2.24, 2.45) is 0 Å². The van der Waals surface area contributed by atoms with Crippen LogP contribution < -0.4 is 5.32 Å². The zero-order chi connectivity index (χ0) is 13.1. The number of carbonyl (C=O) groups is 1. The maximum absolute atomic E-state index is 13.2. The van der Waals surface area contributed by atoms with Gasteiger partial charge in [0.2, 0.25) is 0 Å². The molecule has 0 aliphatic carbocycles. The fraction of sp³-hybridized carbons (Fsp3) is 0.462. The Kier molecular flexibility index (Phi) is 4.35. The second kappa shape index (κ2) is 5.80. The van der Waals surface area contributed by atoms with E-state index in [9.17, 15) is 9.18 Å². The van der Waals surface area contributed by atoms with Crippen molar-refractivity contribution in [2.45, 2.75) is 19.4 Å². The second-order valence-electron chi connectivity index (χ2n) is 4.36. The van der Waals surface area contributed by atoms with Crippen LogP contribution in [0.4, 0.5) is 4.39 Å². The molecule has 2 rings (SSSR count). The van der Waals surface area contributed by atoms with Gasteiger partial charge >= 0.3 is 0 Å². The topological polar surface area (TPSA) is 32.3 Å². The predicted octanol–water partition coefficient (Wildman–Crippen LogP) is 2.41. The lowest BCUT2D eigenvalue weighted by Crippen LogP contribution is -2.41. The molecular formula is C13H16BrFN2O. The fourth-order valence-corrected chi connectivity index (χ4v) is 2.71. The molecule has 1 unspecified atom stereocenters. The van der Waals surface area contributed by atoms with Crippen molar-refractivity contribution in [3.8, 4) is 0 Å². The van der Waals surface area contributed by atoms with Crippen LogP contribution in [0.25, 0.3) is 0 Å². The summed E-state index contributed by atoms with van der Waals surface area (Å²) in [6, 6.07) is 4.41. The first-order valence-corrected chi connectivity index (χ1v) is 6.89. The molecule has 1 heterocycles. The number of hydrogen-bond acceptors (Lipinski definition) is 2. The molecule has 0 radical (unpaired) electrons. The summed E-state index contributed by atoms with van der Waals surface area (Å²) in [5.74, 6) is -0.500. The average molecular weight is 315 g/mol. The number of benzene rings is 1. The zero-order valence-corrected chi connectivity index (χ0v) is 11.8. The van der Waals surface area contributed by atoms with Crippen LogP contribution in [0.15, 0.2) is 22.7 Å². The highest BCUT2D eigenvalue weighted by molar-refractivity contribution is 9.10. The lowest BCUT2D eigenvalue weighted by Gasteiger charge is -2.27. The molecule has 18 heavy (non-hydrogen) atoms. The molecule has 1 N–H and O–H groups in total. The normalized spacial score (nSPS) is 18.9. The summed E-state index contributed by atoms with van der Waals surface area (Å²) in [6.45, 7) is 4.32. The molecule has 0 spiro atoms. The fourth-order valence-electron chi connectivity index (χ4n) is 2.29. The second-order valence-corrected chi connectivity index (χ2v) is 5.22. The highest BCUT2D eigenvalue weighted by Crippen LogP contribution is 2.21. The van der Waals surface area contributed by atoms with E-state index < -0.39 is 0 Å². The summed E-state index contributed by atoms with van der Waals surface area (Å²) in [7, 11) is 0. The van der Waals surface area contributed by atoms with E-state index in [0.717, 1.165) is 19.5 Å². The van der Waals surface area contributed by atoms with E-state index in [1.54, 1.807) is 11.0 Å². The maximum Gasteiger partial charge on any atom is 0.255 e. The van der Waals surface area contributed by atoms with Crippen molar-refractivity contribution in [3.05, 3.63) is 34.1 Å². The molecule has 0 saturated carbocycles. The van der Waals surface area contributed by atoms with Gasteiger partial charge in [0.15, 0.2) is 0 Å². The maximum atomic E-state index is 13.2. The first kappa shape index (κ1) is 13.5. The van der Waals surface area contributed by atoms with Crippen molar-refractivity contribution in [1.29, 1.82) is 0 Å². The summed E-state index contributed by atoms with van der Waals surface area (Å²) in [5, 5.41) is 3.24. The third-order valence-electron chi connectivity index (χ3n) is 3.24. The molecule has 1 aromatic carbocycles. The lowest BCUT2D eigenvalue weighted by atomic mass is 10.1. The molecule has 3 nitrogen and oxygen atoms in total. The van der Waals surface area contributed by atoms with E-state index in [1.807, 2.05) is 6.92 Å². The Bertz CT molecular complexity index is 447. The van der Waals surface area contributed by atoms with Crippen molar-refractivity contribution < 1.29 is 9.18 Å². The number of carbonyl (C=O) groups excluding carboxylic acids is 1. The molecule has 1 atom stereocenters. The highest BCUT2D eigenvalue weighted by atomic mass is 79.9. The number of nitrogens with zero attached hydrogens (tertiary/aromatic N) is 1. The zero-order valence-electron chi connectivity index (χ0n) is 10.2. The van der Waals surface area contributed by atoms with Crippen LogP contribution in [0.5, 0.6) is 0 Å². The van der Waals surface area contributed by atoms with Gasteiger partial charge in [-0.15, -0.1) is 0 Å². The van der Waals surface area contributed by atoms with E-state index in [-0.39, 0.29) is 17.8 Å². The third kappa shape index (κ3) is 2.72. The summed E-state index contributed by atoms with van der Waals surface area (Å²) in [5.41, 5.74) is 0.392. The molecule has 1 aromatic rings. The molecule has 0 bridgehead atoms. The number of halogens is 2. The van der Waals surface area contributed by atoms with Crippen LogP contribution in [0, 0.1) is 5.82 Å². The first-order valence-electron chi connectivity index (χ1n) is 6.10. The minimum absolute atomic E-state index is 0.113. The highest BCUT2D eigenvalue weighted by Gasteiger charge is 2.27. The van der Waals surface area contributed by atoms with E-state index >= 15 is 0 Å². The smallest absolute Gasteiger partial charge is 0.255 e. The predicted molar refractivity (Wildman–Crippen MR) is 72.1 cm³/mol. The molecule has 1 saturated heterocycles. The molecule has 0 aromatic heterocycles. The van der Waals surface area contributed by atoms with Gasteiger partial charge in [0.25, 0.3) is 5.91 Å². The van der Waals surface area contributed by atoms with Gasteiger partial charge in [-0.2, -0.15) is 0 Å². The third-order valence-corrected chi connectivity index (χ3v) is 3.93. The Balaban J connectivity index is 2.25. The number of nitrogens with one attached hydrogen (secondary N) is 1. The van der Waals surface area contributed by atoms with E-state index in [4.69, 9.17) is 0 Å². The molecule has 98 valence electrons. The Labute approximate surface area is 114 Å².